The number of ether oxygens (including phenoxy) is 2. The molecule has 1 aromatic carbocycles. The highest BCUT2D eigenvalue weighted by Gasteiger charge is 2.26. The van der Waals surface area contributed by atoms with Crippen molar-refractivity contribution in [1.29, 1.82) is 0 Å². The van der Waals surface area contributed by atoms with E-state index in [0.717, 1.165) is 5.56 Å². The molecular weight excluding hydrogens is 324 g/mol. The monoisotopic (exact) mass is 352 g/mol. The Bertz CT molecular complexity index is 587. The summed E-state index contributed by atoms with van der Waals surface area (Å²) < 4.78 is 10.8. The van der Waals surface area contributed by atoms with Gasteiger partial charge < -0.3 is 25.2 Å². The molecule has 0 aliphatic carbocycles. The number of methoxy groups -OCH3 is 1. The van der Waals surface area contributed by atoms with Gasteiger partial charge in [0.15, 0.2) is 18.1 Å². The van der Waals surface area contributed by atoms with Gasteiger partial charge in [0.25, 0.3) is 5.91 Å². The first kappa shape index (κ1) is 20.8. The molecule has 1 amide bonds. The minimum absolute atomic E-state index is 0.0634. The van der Waals surface area contributed by atoms with Crippen molar-refractivity contribution in [3.8, 4) is 11.5 Å². The van der Waals surface area contributed by atoms with E-state index in [1.54, 1.807) is 27.0 Å². The van der Waals surface area contributed by atoms with Crippen LogP contribution in [0.1, 0.15) is 32.8 Å². The van der Waals surface area contributed by atoms with Gasteiger partial charge in [-0.25, -0.2) is 0 Å². The number of carbonyl (C=O) groups is 2. The lowest BCUT2D eigenvalue weighted by Crippen LogP contribution is -2.29. The fourth-order valence-corrected chi connectivity index (χ4v) is 2.07. The third-order valence-electron chi connectivity index (χ3n) is 3.80. The summed E-state index contributed by atoms with van der Waals surface area (Å²) in [7, 11) is 1.54. The molecule has 25 heavy (non-hydrogen) atoms. The molecule has 0 unspecified atom stereocenters. The molecule has 3 N–H and O–H groups in total. The van der Waals surface area contributed by atoms with E-state index in [4.69, 9.17) is 14.6 Å². The maximum absolute atomic E-state index is 11.5. The van der Waals surface area contributed by atoms with Crippen LogP contribution >= 0.6 is 0 Å². The number of likely N-dealkylation sites (N-methyl/N-ethyl adjacent to an activating group) is 1. The number of nitrogens with one attached hydrogen (secondary N) is 2. The average Bonchev–Trinajstić information content (AvgIpc) is 2.57. The first-order valence-electron chi connectivity index (χ1n) is 8.30. The second-order valence-corrected chi connectivity index (χ2v) is 6.34. The molecule has 0 bridgehead atoms. The van der Waals surface area contributed by atoms with Crippen LogP contribution in [0.3, 0.4) is 0 Å². The molecule has 0 aliphatic rings. The van der Waals surface area contributed by atoms with E-state index < -0.39 is 11.4 Å². The topological polar surface area (TPSA) is 96.9 Å². The summed E-state index contributed by atoms with van der Waals surface area (Å²) in [6.07, 6.45) is 0.535. The van der Waals surface area contributed by atoms with E-state index in [0.29, 0.717) is 37.6 Å². The Morgan fingerprint density at radius 3 is 2.56 bits per heavy atom. The molecule has 7 nitrogen and oxygen atoms in total. The molecule has 140 valence electrons. The van der Waals surface area contributed by atoms with Crippen LogP contribution in [0.15, 0.2) is 18.2 Å². The predicted octanol–water partition coefficient (Wildman–Crippen LogP) is 1.80. The van der Waals surface area contributed by atoms with Gasteiger partial charge in [-0.05, 0) is 51.4 Å². The van der Waals surface area contributed by atoms with Crippen LogP contribution in [0, 0.1) is 5.41 Å². The highest BCUT2D eigenvalue weighted by Crippen LogP contribution is 2.28. The Hall–Kier alpha value is -2.28. The van der Waals surface area contributed by atoms with Crippen LogP contribution in [0.25, 0.3) is 0 Å². The molecule has 0 fully saturated rings. The second-order valence-electron chi connectivity index (χ2n) is 6.34. The van der Waals surface area contributed by atoms with Crippen molar-refractivity contribution in [3.05, 3.63) is 23.8 Å². The van der Waals surface area contributed by atoms with E-state index >= 15 is 0 Å². The molecule has 7 heteroatoms. The van der Waals surface area contributed by atoms with Gasteiger partial charge in [0.1, 0.15) is 0 Å². The van der Waals surface area contributed by atoms with Crippen molar-refractivity contribution in [3.63, 3.8) is 0 Å². The maximum Gasteiger partial charge on any atom is 0.309 e. The largest absolute Gasteiger partial charge is 0.493 e. The minimum atomic E-state index is -0.801. The number of aliphatic carboxylic acids is 1. The number of carboxylic acid groups (broad SMARTS) is 1. The number of rotatable bonds is 11. The van der Waals surface area contributed by atoms with E-state index in [1.165, 1.54) is 0 Å². The van der Waals surface area contributed by atoms with Gasteiger partial charge in [-0.3, -0.25) is 9.59 Å². The molecule has 0 heterocycles. The lowest BCUT2D eigenvalue weighted by molar-refractivity contribution is -0.147. The van der Waals surface area contributed by atoms with Gasteiger partial charge in [-0.2, -0.15) is 0 Å². The summed E-state index contributed by atoms with van der Waals surface area (Å²) in [6, 6.07) is 5.48. The van der Waals surface area contributed by atoms with Gasteiger partial charge in [-0.15, -0.1) is 0 Å². The number of benzene rings is 1. The lowest BCUT2D eigenvalue weighted by Gasteiger charge is -2.19. The van der Waals surface area contributed by atoms with Crippen LogP contribution < -0.4 is 20.1 Å². The zero-order valence-corrected chi connectivity index (χ0v) is 15.3. The third kappa shape index (κ3) is 7.01. The molecular formula is C18H28N2O5. The molecule has 1 aromatic rings. The number of carboxylic acids is 1. The summed E-state index contributed by atoms with van der Waals surface area (Å²) in [5.41, 5.74) is 0.233. The average molecular weight is 352 g/mol. The van der Waals surface area contributed by atoms with Gasteiger partial charge in [-0.1, -0.05) is 6.07 Å². The SMILES string of the molecule is CCNC(=O)COc1ccc(CNCCC(C)(C)C(=O)O)cc1OC. The molecule has 0 atom stereocenters. The van der Waals surface area contributed by atoms with Crippen molar-refractivity contribution >= 4 is 11.9 Å². The summed E-state index contributed by atoms with van der Waals surface area (Å²) in [5, 5.41) is 15.0. The Morgan fingerprint density at radius 2 is 1.96 bits per heavy atom. The fraction of sp³-hybridized carbons (Fsp3) is 0.556. The van der Waals surface area contributed by atoms with Crippen molar-refractivity contribution in [2.45, 2.75) is 33.7 Å². The highest BCUT2D eigenvalue weighted by molar-refractivity contribution is 5.77. The third-order valence-corrected chi connectivity index (χ3v) is 3.80. The number of hydrogen-bond donors (Lipinski definition) is 3. The van der Waals surface area contributed by atoms with E-state index in [9.17, 15) is 9.59 Å². The lowest BCUT2D eigenvalue weighted by atomic mass is 9.90. The summed E-state index contributed by atoms with van der Waals surface area (Å²) in [5.74, 6) is 0.0694. The zero-order valence-electron chi connectivity index (χ0n) is 15.3. The number of amides is 1. The van der Waals surface area contributed by atoms with Crippen LogP contribution in [0.5, 0.6) is 11.5 Å². The van der Waals surface area contributed by atoms with Gasteiger partial charge in [0.05, 0.1) is 12.5 Å². The summed E-state index contributed by atoms with van der Waals surface area (Å²) in [6.45, 7) is 6.94. The Labute approximate surface area is 148 Å². The molecule has 0 aliphatic heterocycles. The van der Waals surface area contributed by atoms with Crippen LogP contribution in [0.4, 0.5) is 0 Å². The predicted molar refractivity (Wildman–Crippen MR) is 94.9 cm³/mol. The Morgan fingerprint density at radius 1 is 1.24 bits per heavy atom. The summed E-state index contributed by atoms with van der Waals surface area (Å²) in [4.78, 5) is 22.5. The molecule has 0 spiro atoms. The number of carbonyl (C=O) groups excluding carboxylic acids is 1. The zero-order chi connectivity index (χ0) is 18.9. The molecule has 1 rings (SSSR count). The highest BCUT2D eigenvalue weighted by atomic mass is 16.5. The van der Waals surface area contributed by atoms with Gasteiger partial charge >= 0.3 is 5.97 Å². The fourth-order valence-electron chi connectivity index (χ4n) is 2.07. The Kier molecular flexibility index (Phi) is 8.21. The quantitative estimate of drug-likeness (QED) is 0.526. The van der Waals surface area contributed by atoms with Crippen molar-refractivity contribution < 1.29 is 24.2 Å². The van der Waals surface area contributed by atoms with E-state index in [2.05, 4.69) is 10.6 Å². The van der Waals surface area contributed by atoms with Crippen molar-refractivity contribution in [2.75, 3.05) is 26.8 Å². The van der Waals surface area contributed by atoms with Crippen LogP contribution in [0.2, 0.25) is 0 Å². The normalized spacial score (nSPS) is 11.0. The van der Waals surface area contributed by atoms with Crippen molar-refractivity contribution in [2.24, 2.45) is 5.41 Å². The first-order valence-corrected chi connectivity index (χ1v) is 8.30. The molecule has 0 saturated carbocycles. The van der Waals surface area contributed by atoms with Crippen molar-refractivity contribution in [1.82, 2.24) is 10.6 Å². The van der Waals surface area contributed by atoms with Crippen LogP contribution in [-0.2, 0) is 16.1 Å². The molecule has 0 saturated heterocycles. The van der Waals surface area contributed by atoms with Crippen LogP contribution in [-0.4, -0.2) is 43.8 Å². The first-order chi connectivity index (χ1) is 11.8. The standard InChI is InChI=1S/C18H28N2O5/c1-5-20-16(21)12-25-14-7-6-13(10-15(14)24-4)11-19-9-8-18(2,3)17(22)23/h6-7,10,19H,5,8-9,11-12H2,1-4H3,(H,20,21)(H,22,23). The molecule has 0 aromatic heterocycles. The van der Waals surface area contributed by atoms with E-state index in [-0.39, 0.29) is 12.5 Å². The number of hydrogen-bond acceptors (Lipinski definition) is 5. The second kappa shape index (κ2) is 9.88. The summed E-state index contributed by atoms with van der Waals surface area (Å²) >= 11 is 0. The van der Waals surface area contributed by atoms with E-state index in [1.807, 2.05) is 19.1 Å². The van der Waals surface area contributed by atoms with Gasteiger partial charge in [0.2, 0.25) is 0 Å². The smallest absolute Gasteiger partial charge is 0.309 e. The Balaban J connectivity index is 2.54. The van der Waals surface area contributed by atoms with Gasteiger partial charge in [0, 0.05) is 13.1 Å². The minimum Gasteiger partial charge on any atom is -0.493 e. The maximum atomic E-state index is 11.5. The molecule has 0 radical (unpaired) electrons.